The van der Waals surface area contributed by atoms with Gasteiger partial charge in [-0.25, -0.2) is 4.79 Å². The largest absolute Gasteiger partial charge is 0.444 e. The van der Waals surface area contributed by atoms with E-state index in [1.165, 1.54) is 9.75 Å². The van der Waals surface area contributed by atoms with Crippen LogP contribution >= 0.6 is 11.3 Å². The summed E-state index contributed by atoms with van der Waals surface area (Å²) in [5.41, 5.74) is -0.455. The minimum atomic E-state index is -0.455. The van der Waals surface area contributed by atoms with Gasteiger partial charge in [-0.05, 0) is 46.8 Å². The van der Waals surface area contributed by atoms with E-state index in [1.807, 2.05) is 44.3 Å². The molecular formula is C16H26N2O2S. The second-order valence-corrected chi connectivity index (χ2v) is 7.25. The molecule has 0 radical (unpaired) electrons. The average molecular weight is 310 g/mol. The van der Waals surface area contributed by atoms with E-state index in [9.17, 15) is 4.79 Å². The van der Waals surface area contributed by atoms with Crippen LogP contribution < -0.4 is 10.6 Å². The summed E-state index contributed by atoms with van der Waals surface area (Å²) in [5.74, 6) is 0. The first-order valence-electron chi connectivity index (χ1n) is 7.19. The Balaban J connectivity index is 2.16. The van der Waals surface area contributed by atoms with Crippen molar-refractivity contribution < 1.29 is 9.53 Å². The van der Waals surface area contributed by atoms with E-state index in [2.05, 4.69) is 36.6 Å². The molecule has 1 amide bonds. The lowest BCUT2D eigenvalue weighted by Crippen LogP contribution is -2.32. The van der Waals surface area contributed by atoms with Crippen molar-refractivity contribution in [3.05, 3.63) is 34.0 Å². The maximum absolute atomic E-state index is 11.4. The maximum Gasteiger partial charge on any atom is 0.407 e. The summed E-state index contributed by atoms with van der Waals surface area (Å²) in [7, 11) is 0. The van der Waals surface area contributed by atoms with Crippen molar-refractivity contribution in [1.29, 1.82) is 0 Å². The molecule has 0 spiro atoms. The van der Waals surface area contributed by atoms with Crippen molar-refractivity contribution in [1.82, 2.24) is 10.6 Å². The van der Waals surface area contributed by atoms with E-state index >= 15 is 0 Å². The van der Waals surface area contributed by atoms with Gasteiger partial charge in [-0.15, -0.1) is 11.3 Å². The molecule has 0 aliphatic rings. The molecule has 1 rings (SSSR count). The molecule has 0 aliphatic carbocycles. The Morgan fingerprint density at radius 2 is 2.00 bits per heavy atom. The van der Waals surface area contributed by atoms with Crippen LogP contribution in [-0.2, 0) is 4.74 Å². The van der Waals surface area contributed by atoms with Crippen LogP contribution in [0, 0.1) is 6.92 Å². The second kappa shape index (κ2) is 8.20. The number of nitrogens with one attached hydrogen (secondary N) is 2. The highest BCUT2D eigenvalue weighted by molar-refractivity contribution is 7.12. The molecule has 0 bridgehead atoms. The summed E-state index contributed by atoms with van der Waals surface area (Å²) in [6.45, 7) is 11.1. The number of ether oxygens (including phenoxy) is 1. The van der Waals surface area contributed by atoms with E-state index in [0.717, 1.165) is 6.54 Å². The van der Waals surface area contributed by atoms with E-state index in [1.54, 1.807) is 0 Å². The second-order valence-electron chi connectivity index (χ2n) is 5.93. The van der Waals surface area contributed by atoms with Gasteiger partial charge in [-0.2, -0.15) is 0 Å². The van der Waals surface area contributed by atoms with Gasteiger partial charge in [0.1, 0.15) is 5.60 Å². The fourth-order valence-electron chi connectivity index (χ4n) is 1.65. The van der Waals surface area contributed by atoms with Gasteiger partial charge >= 0.3 is 6.09 Å². The highest BCUT2D eigenvalue weighted by Crippen LogP contribution is 2.21. The Morgan fingerprint density at radius 3 is 2.57 bits per heavy atom. The Kier molecular flexibility index (Phi) is 6.92. The van der Waals surface area contributed by atoms with E-state index < -0.39 is 5.60 Å². The summed E-state index contributed by atoms with van der Waals surface area (Å²) in [6, 6.07) is 4.64. The zero-order valence-corrected chi connectivity index (χ0v) is 14.3. The third-order valence-electron chi connectivity index (χ3n) is 2.66. The minimum Gasteiger partial charge on any atom is -0.444 e. The molecule has 5 heteroatoms. The Morgan fingerprint density at radius 1 is 1.33 bits per heavy atom. The third-order valence-corrected chi connectivity index (χ3v) is 3.84. The van der Waals surface area contributed by atoms with Crippen LogP contribution in [0.25, 0.3) is 0 Å². The highest BCUT2D eigenvalue weighted by Gasteiger charge is 2.14. The van der Waals surface area contributed by atoms with Crippen LogP contribution in [-0.4, -0.2) is 24.8 Å². The molecule has 1 aromatic rings. The van der Waals surface area contributed by atoms with Crippen molar-refractivity contribution in [3.8, 4) is 0 Å². The molecule has 0 aromatic carbocycles. The highest BCUT2D eigenvalue weighted by atomic mass is 32.1. The first-order chi connectivity index (χ1) is 9.78. The predicted molar refractivity (Wildman–Crippen MR) is 88.9 cm³/mol. The van der Waals surface area contributed by atoms with Crippen LogP contribution in [0.3, 0.4) is 0 Å². The number of alkyl carbamates (subject to hydrolysis) is 1. The summed E-state index contributed by atoms with van der Waals surface area (Å²) in [4.78, 5) is 14.1. The van der Waals surface area contributed by atoms with Gasteiger partial charge in [0.05, 0.1) is 0 Å². The molecule has 21 heavy (non-hydrogen) atoms. The number of thiophene rings is 1. The molecule has 1 unspecified atom stereocenters. The Hall–Kier alpha value is -1.33. The number of hydrogen-bond acceptors (Lipinski definition) is 4. The van der Waals surface area contributed by atoms with Gasteiger partial charge in [-0.1, -0.05) is 12.2 Å². The SMILES string of the molecule is Cc1ccc(C(C)NC/C=C/CNC(=O)OC(C)(C)C)s1. The molecule has 0 saturated carbocycles. The molecule has 1 heterocycles. The van der Waals surface area contributed by atoms with E-state index in [-0.39, 0.29) is 6.09 Å². The lowest BCUT2D eigenvalue weighted by atomic mass is 10.2. The average Bonchev–Trinajstić information content (AvgIpc) is 2.78. The predicted octanol–water partition coefficient (Wildman–Crippen LogP) is 3.79. The molecular weight excluding hydrogens is 284 g/mol. The van der Waals surface area contributed by atoms with Gasteiger partial charge in [0.25, 0.3) is 0 Å². The monoisotopic (exact) mass is 310 g/mol. The van der Waals surface area contributed by atoms with Gasteiger partial charge in [0.15, 0.2) is 0 Å². The molecule has 1 aromatic heterocycles. The van der Waals surface area contributed by atoms with Crippen LogP contribution in [0.4, 0.5) is 4.79 Å². The van der Waals surface area contributed by atoms with Crippen molar-refractivity contribution in [2.75, 3.05) is 13.1 Å². The quantitative estimate of drug-likeness (QED) is 0.786. The molecule has 4 nitrogen and oxygen atoms in total. The van der Waals surface area contributed by atoms with Crippen LogP contribution in [0.15, 0.2) is 24.3 Å². The van der Waals surface area contributed by atoms with E-state index in [0.29, 0.717) is 12.6 Å². The van der Waals surface area contributed by atoms with Crippen LogP contribution in [0.5, 0.6) is 0 Å². The Bertz CT molecular complexity index is 475. The maximum atomic E-state index is 11.4. The molecule has 0 fully saturated rings. The topological polar surface area (TPSA) is 50.4 Å². The zero-order chi connectivity index (χ0) is 15.9. The van der Waals surface area contributed by atoms with Crippen LogP contribution in [0.1, 0.15) is 43.5 Å². The van der Waals surface area contributed by atoms with Gasteiger partial charge in [0, 0.05) is 28.9 Å². The minimum absolute atomic E-state index is 0.340. The lowest BCUT2D eigenvalue weighted by Gasteiger charge is -2.19. The van der Waals surface area contributed by atoms with Gasteiger partial charge in [-0.3, -0.25) is 0 Å². The van der Waals surface area contributed by atoms with Crippen molar-refractivity contribution in [3.63, 3.8) is 0 Å². The number of carbonyl (C=O) groups excluding carboxylic acids is 1. The first kappa shape index (κ1) is 17.7. The number of carbonyl (C=O) groups is 1. The standard InChI is InChI=1S/C16H26N2O2S/c1-12-8-9-14(21-12)13(2)17-10-6-7-11-18-15(19)20-16(3,4)5/h6-9,13,17H,10-11H2,1-5H3,(H,18,19)/b7-6+. The van der Waals surface area contributed by atoms with Gasteiger partial charge < -0.3 is 15.4 Å². The number of aryl methyl sites for hydroxylation is 1. The first-order valence-corrected chi connectivity index (χ1v) is 8.01. The van der Waals surface area contributed by atoms with E-state index in [4.69, 9.17) is 4.74 Å². The molecule has 118 valence electrons. The number of rotatable bonds is 6. The molecule has 0 aliphatic heterocycles. The number of hydrogen-bond donors (Lipinski definition) is 2. The molecule has 0 saturated heterocycles. The van der Waals surface area contributed by atoms with Crippen molar-refractivity contribution in [2.45, 2.75) is 46.3 Å². The van der Waals surface area contributed by atoms with Crippen LogP contribution in [0.2, 0.25) is 0 Å². The summed E-state index contributed by atoms with van der Waals surface area (Å²) >= 11 is 1.81. The summed E-state index contributed by atoms with van der Waals surface area (Å²) < 4.78 is 5.14. The fraction of sp³-hybridized carbons (Fsp3) is 0.562. The number of amides is 1. The van der Waals surface area contributed by atoms with Crippen molar-refractivity contribution >= 4 is 17.4 Å². The zero-order valence-electron chi connectivity index (χ0n) is 13.5. The molecule has 1 atom stereocenters. The third kappa shape index (κ3) is 7.87. The lowest BCUT2D eigenvalue weighted by molar-refractivity contribution is 0.0534. The molecule has 2 N–H and O–H groups in total. The normalized spacial score (nSPS) is 13.4. The fourth-order valence-corrected chi connectivity index (χ4v) is 2.56. The summed E-state index contributed by atoms with van der Waals surface area (Å²) in [6.07, 6.45) is 3.54. The van der Waals surface area contributed by atoms with Crippen molar-refractivity contribution in [2.24, 2.45) is 0 Å². The van der Waals surface area contributed by atoms with Gasteiger partial charge in [0.2, 0.25) is 0 Å². The summed E-state index contributed by atoms with van der Waals surface area (Å²) in [5, 5.41) is 6.11. The smallest absolute Gasteiger partial charge is 0.407 e. The Labute approximate surface area is 131 Å².